The largest absolute Gasteiger partial charge is 0.465 e. The van der Waals surface area contributed by atoms with Crippen LogP contribution in [0.1, 0.15) is 39.7 Å². The van der Waals surface area contributed by atoms with E-state index in [4.69, 9.17) is 49.1 Å². The van der Waals surface area contributed by atoms with Gasteiger partial charge in [0.25, 0.3) is 11.7 Å². The van der Waals surface area contributed by atoms with Crippen LogP contribution < -0.4 is 10.6 Å². The van der Waals surface area contributed by atoms with Gasteiger partial charge in [-0.15, -0.1) is 6.42 Å². The van der Waals surface area contributed by atoms with Crippen LogP contribution in [0.3, 0.4) is 0 Å². The number of rotatable bonds is 22. The fraction of sp³-hybridized carbons (Fsp3) is 0.488. The first-order valence-electron chi connectivity index (χ1n) is 18.5. The van der Waals surface area contributed by atoms with Gasteiger partial charge in [-0.1, -0.05) is 60.5 Å². The first-order valence-corrected chi connectivity index (χ1v) is 18.5. The predicted octanol–water partition coefficient (Wildman–Crippen LogP) is 1.20. The van der Waals surface area contributed by atoms with Crippen LogP contribution in [0.15, 0.2) is 54.6 Å². The summed E-state index contributed by atoms with van der Waals surface area (Å²) >= 11 is 0. The Kier molecular flexibility index (Phi) is 19.4. The Morgan fingerprint density at radius 2 is 1.46 bits per heavy atom. The Bertz CT molecular complexity index is 1780. The molecule has 3 rings (SSSR count). The molecule has 1 saturated heterocycles. The van der Waals surface area contributed by atoms with Crippen LogP contribution in [0.2, 0.25) is 0 Å². The van der Waals surface area contributed by atoms with Gasteiger partial charge in [0.1, 0.15) is 18.8 Å². The lowest BCUT2D eigenvalue weighted by atomic mass is 9.87. The number of hydrogen-bond donors (Lipinski definition) is 2. The summed E-state index contributed by atoms with van der Waals surface area (Å²) in [6.45, 7) is 2.87. The number of terminal acetylenes is 1. The smallest absolute Gasteiger partial charge is 0.366 e. The van der Waals surface area contributed by atoms with Gasteiger partial charge in [0.2, 0.25) is 5.91 Å². The molecule has 0 bridgehead atoms. The number of hydrogen-bond acceptors (Lipinski definition) is 16. The van der Waals surface area contributed by atoms with Crippen molar-refractivity contribution >= 4 is 41.7 Å². The molecular formula is C41H50N2O16. The molecule has 0 spiro atoms. The van der Waals surface area contributed by atoms with E-state index in [9.17, 15) is 33.6 Å². The quantitative estimate of drug-likeness (QED) is 0.0736. The molecule has 0 aliphatic carbocycles. The van der Waals surface area contributed by atoms with Crippen molar-refractivity contribution in [3.05, 3.63) is 60.2 Å². The number of carbonyl (C=O) groups is 7. The van der Waals surface area contributed by atoms with Crippen molar-refractivity contribution in [3.8, 4) is 23.5 Å². The molecule has 2 aromatic rings. The van der Waals surface area contributed by atoms with Crippen molar-refractivity contribution in [2.45, 2.75) is 76.8 Å². The summed E-state index contributed by atoms with van der Waals surface area (Å²) in [5, 5.41) is 5.23. The molecule has 1 aliphatic heterocycles. The third-order valence-electron chi connectivity index (χ3n) is 8.45. The molecule has 1 unspecified atom stereocenters. The first kappa shape index (κ1) is 47.5. The molecule has 320 valence electrons. The molecular weight excluding hydrogens is 776 g/mol. The highest BCUT2D eigenvalue weighted by Gasteiger charge is 2.59. The van der Waals surface area contributed by atoms with Crippen molar-refractivity contribution < 1.29 is 76.2 Å². The minimum Gasteiger partial charge on any atom is -0.465 e. The van der Waals surface area contributed by atoms with Gasteiger partial charge in [-0.3, -0.25) is 28.8 Å². The van der Waals surface area contributed by atoms with Crippen LogP contribution in [-0.4, -0.2) is 131 Å². The predicted molar refractivity (Wildman–Crippen MR) is 204 cm³/mol. The summed E-state index contributed by atoms with van der Waals surface area (Å²) in [5.41, 5.74) is 2.58. The second-order valence-electron chi connectivity index (χ2n) is 13.0. The van der Waals surface area contributed by atoms with Crippen LogP contribution in [0.4, 0.5) is 0 Å². The normalized spacial score (nSPS) is 19.4. The molecule has 2 N–H and O–H groups in total. The van der Waals surface area contributed by atoms with E-state index >= 15 is 0 Å². The maximum atomic E-state index is 13.6. The highest BCUT2D eigenvalue weighted by atomic mass is 16.7. The Hall–Kier alpha value is -5.87. The van der Waals surface area contributed by atoms with Gasteiger partial charge in [0.15, 0.2) is 18.8 Å². The van der Waals surface area contributed by atoms with Gasteiger partial charge in [-0.2, -0.15) is 0 Å². The zero-order chi connectivity index (χ0) is 43.4. The number of nitrogens with one attached hydrogen (secondary N) is 2. The van der Waals surface area contributed by atoms with E-state index in [0.717, 1.165) is 45.9 Å². The number of amides is 2. The average Bonchev–Trinajstić information content (AvgIpc) is 3.19. The van der Waals surface area contributed by atoms with Crippen LogP contribution in [-0.2, 0) is 82.6 Å². The van der Waals surface area contributed by atoms with Crippen molar-refractivity contribution in [2.24, 2.45) is 0 Å². The fourth-order valence-electron chi connectivity index (χ4n) is 6.06. The van der Waals surface area contributed by atoms with Gasteiger partial charge in [-0.05, 0) is 16.7 Å². The highest BCUT2D eigenvalue weighted by Crippen LogP contribution is 2.37. The Morgan fingerprint density at radius 1 is 0.814 bits per heavy atom. The van der Waals surface area contributed by atoms with E-state index in [1.165, 1.54) is 0 Å². The first-order chi connectivity index (χ1) is 28.2. The summed E-state index contributed by atoms with van der Waals surface area (Å²) in [6, 6.07) is 15.4. The highest BCUT2D eigenvalue weighted by molar-refractivity contribution is 5.81. The second kappa shape index (κ2) is 24.1. The van der Waals surface area contributed by atoms with Gasteiger partial charge < -0.3 is 53.3 Å². The maximum Gasteiger partial charge on any atom is 0.366 e. The monoisotopic (exact) mass is 826 g/mol. The lowest BCUT2D eigenvalue weighted by Crippen LogP contribution is -2.70. The van der Waals surface area contributed by atoms with Gasteiger partial charge in [0, 0.05) is 27.7 Å². The molecule has 18 heteroatoms. The minimum absolute atomic E-state index is 0.0706. The Balaban J connectivity index is 2.00. The minimum atomic E-state index is -2.42. The molecule has 0 saturated carbocycles. The van der Waals surface area contributed by atoms with E-state index in [1.54, 1.807) is 12.1 Å². The maximum absolute atomic E-state index is 13.6. The van der Waals surface area contributed by atoms with Crippen molar-refractivity contribution in [1.82, 2.24) is 10.6 Å². The van der Waals surface area contributed by atoms with E-state index in [1.807, 2.05) is 42.5 Å². The summed E-state index contributed by atoms with van der Waals surface area (Å²) < 4.78 is 49.7. The molecule has 1 aliphatic rings. The van der Waals surface area contributed by atoms with E-state index in [2.05, 4.69) is 16.6 Å². The van der Waals surface area contributed by atoms with Gasteiger partial charge in [-0.25, -0.2) is 4.79 Å². The lowest BCUT2D eigenvalue weighted by molar-refractivity contribution is -0.315. The third-order valence-corrected chi connectivity index (χ3v) is 8.45. The standard InChI is InChI=1S/C41H50N2O16/c1-7-17-52-18-19-53-20-21-55-41(40(50)51-6)23-33(56-27(3)45)37(43-36(49)25-54-26(2)44)39(59-41)38(58-29(5)47)34(57-28(4)46)24-42-35(48)22-30-13-15-32(16-14-30)31-11-9-8-10-12-31/h1,8-16,33-34,37-39H,17-25H2,2-6H3,(H,42,48)(H,43,49)/t33-,34+,37+,38+,39+,41?/m0/s1. The van der Waals surface area contributed by atoms with Crippen molar-refractivity contribution in [3.63, 3.8) is 0 Å². The average molecular weight is 827 g/mol. The molecule has 2 aromatic carbocycles. The van der Waals surface area contributed by atoms with Crippen LogP contribution >= 0.6 is 0 Å². The number of carbonyl (C=O) groups excluding carboxylic acids is 7. The van der Waals surface area contributed by atoms with Crippen LogP contribution in [0, 0.1) is 12.3 Å². The number of benzene rings is 2. The summed E-state index contributed by atoms with van der Waals surface area (Å²) in [6.07, 6.45) is -2.08. The Morgan fingerprint density at radius 3 is 2.07 bits per heavy atom. The lowest BCUT2D eigenvalue weighted by Gasteiger charge is -2.48. The molecule has 59 heavy (non-hydrogen) atoms. The second-order valence-corrected chi connectivity index (χ2v) is 13.0. The zero-order valence-corrected chi connectivity index (χ0v) is 33.6. The zero-order valence-electron chi connectivity index (χ0n) is 33.6. The topological polar surface area (TPSA) is 227 Å². The number of methoxy groups -OCH3 is 1. The molecule has 0 aromatic heterocycles. The number of esters is 5. The SMILES string of the molecule is C#CCOCCOCCOC1(C(=O)OC)C[C@H](OC(C)=O)[C@@H](NC(=O)COC(C)=O)[C@H]([C@H](OC(C)=O)[C@@H](CNC(=O)Cc2ccc(-c3ccccc3)cc2)OC(C)=O)O1. The molecule has 0 radical (unpaired) electrons. The molecule has 2 amide bonds. The van der Waals surface area contributed by atoms with E-state index < -0.39 is 97.5 Å². The van der Waals surface area contributed by atoms with Crippen molar-refractivity contribution in [2.75, 3.05) is 53.3 Å². The summed E-state index contributed by atoms with van der Waals surface area (Å²) in [7, 11) is 1.04. The fourth-order valence-corrected chi connectivity index (χ4v) is 6.06. The van der Waals surface area contributed by atoms with Gasteiger partial charge in [0.05, 0.1) is 59.0 Å². The summed E-state index contributed by atoms with van der Waals surface area (Å²) in [4.78, 5) is 89.5. The molecule has 18 nitrogen and oxygen atoms in total. The van der Waals surface area contributed by atoms with Gasteiger partial charge >= 0.3 is 29.8 Å². The molecule has 1 fully saturated rings. The third kappa shape index (κ3) is 15.8. The summed E-state index contributed by atoms with van der Waals surface area (Å²) in [5.74, 6) is -6.12. The van der Waals surface area contributed by atoms with Crippen LogP contribution in [0.5, 0.6) is 0 Å². The molecule has 6 atom stereocenters. The van der Waals surface area contributed by atoms with Crippen molar-refractivity contribution in [1.29, 1.82) is 0 Å². The Labute approximate surface area is 341 Å². The molecule has 1 heterocycles. The number of ether oxygens (including phenoxy) is 9. The van der Waals surface area contributed by atoms with Crippen LogP contribution in [0.25, 0.3) is 11.1 Å². The van der Waals surface area contributed by atoms with E-state index in [-0.39, 0.29) is 39.5 Å². The van der Waals surface area contributed by atoms with E-state index in [0.29, 0.717) is 5.56 Å².